The number of alkyl halides is 3. The van der Waals surface area contributed by atoms with E-state index in [2.05, 4.69) is 0 Å². The van der Waals surface area contributed by atoms with Crippen molar-refractivity contribution in [2.45, 2.75) is 28.7 Å². The molecule has 5 rings (SSSR count). The van der Waals surface area contributed by atoms with Crippen LogP contribution < -0.4 is 10.5 Å². The van der Waals surface area contributed by atoms with Crippen LogP contribution in [0.5, 0.6) is 11.5 Å². The van der Waals surface area contributed by atoms with Gasteiger partial charge in [-0.1, -0.05) is 18.2 Å². The number of carboxylic acids is 1. The van der Waals surface area contributed by atoms with Gasteiger partial charge in [0.15, 0.2) is 0 Å². The first-order valence-corrected chi connectivity index (χ1v) is 12.1. The molecule has 1 saturated carbocycles. The lowest BCUT2D eigenvalue weighted by Gasteiger charge is -2.28. The molecule has 1 fully saturated rings. The largest absolute Gasteiger partial charge is 0.478 e. The second kappa shape index (κ2) is 8.20. The fraction of sp³-hybridized carbons (Fsp3) is 0.154. The Hall–Kier alpha value is -3.72. The maximum atomic E-state index is 12.9. The molecule has 5 nitrogen and oxygen atoms in total. The third-order valence-corrected chi connectivity index (χ3v) is 9.36. The van der Waals surface area contributed by atoms with Crippen LogP contribution in [0.25, 0.3) is 5.57 Å². The molecule has 1 atom stereocenters. The zero-order chi connectivity index (χ0) is 25.0. The molecule has 1 heterocycles. The second-order valence-electron chi connectivity index (χ2n) is 8.47. The minimum atomic E-state index is -4.45. The van der Waals surface area contributed by atoms with E-state index in [4.69, 9.17) is 10.5 Å². The van der Waals surface area contributed by atoms with Gasteiger partial charge in [-0.2, -0.15) is 24.1 Å². The molecule has 0 radical (unpaired) electrons. The lowest BCUT2D eigenvalue weighted by molar-refractivity contribution is -0.137. The monoisotopic (exact) mass is 499 g/mol. The summed E-state index contributed by atoms with van der Waals surface area (Å²) in [5.74, 6) is -1.07. The highest BCUT2D eigenvalue weighted by atomic mass is 32.2. The molecule has 3 aromatic rings. The minimum Gasteiger partial charge on any atom is -0.478 e. The topological polar surface area (TPSA) is 89.6 Å². The number of fused-ring (bicyclic) bond motifs is 1. The summed E-state index contributed by atoms with van der Waals surface area (Å²) in [6, 6.07) is 16.5. The fourth-order valence-electron chi connectivity index (χ4n) is 4.43. The van der Waals surface area contributed by atoms with Gasteiger partial charge in [0.1, 0.15) is 11.5 Å². The Morgan fingerprint density at radius 2 is 1.63 bits per heavy atom. The van der Waals surface area contributed by atoms with E-state index in [1.165, 1.54) is 12.1 Å². The molecule has 1 amide bonds. The van der Waals surface area contributed by atoms with Crippen LogP contribution in [-0.2, 0) is 15.7 Å². The highest BCUT2D eigenvalue weighted by Crippen LogP contribution is 2.72. The van der Waals surface area contributed by atoms with Crippen molar-refractivity contribution >= 4 is 28.3 Å². The number of hydrogen-bond acceptors (Lipinski definition) is 3. The molecule has 35 heavy (non-hydrogen) atoms. The Labute approximate surface area is 201 Å². The number of carbonyl (C=O) groups is 2. The van der Waals surface area contributed by atoms with E-state index in [9.17, 15) is 27.9 Å². The van der Waals surface area contributed by atoms with Gasteiger partial charge in [0.05, 0.1) is 16.7 Å². The Bertz CT molecular complexity index is 1360. The fourth-order valence-corrected chi connectivity index (χ4v) is 7.53. The number of rotatable bonds is 6. The predicted molar refractivity (Wildman–Crippen MR) is 127 cm³/mol. The van der Waals surface area contributed by atoms with Gasteiger partial charge in [0.25, 0.3) is 0 Å². The number of carbonyl (C=O) groups excluding carboxylic acids is 1. The number of nitrogens with two attached hydrogens (primary N) is 1. The highest BCUT2D eigenvalue weighted by molar-refractivity contribution is 8.21. The molecule has 0 saturated heterocycles. The smallest absolute Gasteiger partial charge is 0.416 e. The van der Waals surface area contributed by atoms with E-state index < -0.39 is 34.5 Å². The van der Waals surface area contributed by atoms with Crippen LogP contribution in [0.15, 0.2) is 77.0 Å². The molecule has 1 aliphatic heterocycles. The molecular formula is C26H20F3NO4S. The van der Waals surface area contributed by atoms with Crippen molar-refractivity contribution in [3.8, 4) is 11.5 Å². The summed E-state index contributed by atoms with van der Waals surface area (Å²) in [5.41, 5.74) is 7.01. The number of hydrogen-bond donors (Lipinski definition) is 3. The summed E-state index contributed by atoms with van der Waals surface area (Å²) in [4.78, 5) is 24.5. The number of primary amides is 1. The first-order valence-electron chi connectivity index (χ1n) is 10.7. The Kier molecular flexibility index (Phi) is 5.40. The van der Waals surface area contributed by atoms with Gasteiger partial charge < -0.3 is 15.6 Å². The van der Waals surface area contributed by atoms with Gasteiger partial charge in [-0.3, -0.25) is 4.79 Å². The lowest BCUT2D eigenvalue weighted by Crippen LogP contribution is -2.12. The molecule has 3 aromatic carbocycles. The van der Waals surface area contributed by atoms with Crippen molar-refractivity contribution in [3.05, 3.63) is 94.4 Å². The normalized spacial score (nSPS) is 18.9. The van der Waals surface area contributed by atoms with Gasteiger partial charge in [-0.25, -0.2) is 4.79 Å². The molecule has 2 aliphatic rings. The summed E-state index contributed by atoms with van der Waals surface area (Å²) >= 11 is 0. The van der Waals surface area contributed by atoms with E-state index in [0.717, 1.165) is 35.4 Å². The summed E-state index contributed by atoms with van der Waals surface area (Å²) < 4.78 is 44.4. The maximum Gasteiger partial charge on any atom is 0.416 e. The Morgan fingerprint density at radius 3 is 2.17 bits per heavy atom. The van der Waals surface area contributed by atoms with Crippen molar-refractivity contribution in [1.29, 1.82) is 0 Å². The molecule has 0 spiro atoms. The summed E-state index contributed by atoms with van der Waals surface area (Å²) in [7, 11) is -1.02. The van der Waals surface area contributed by atoms with Gasteiger partial charge in [-0.05, 0) is 72.3 Å². The molecule has 1 unspecified atom stereocenters. The van der Waals surface area contributed by atoms with Gasteiger partial charge in [-0.15, -0.1) is 0 Å². The van der Waals surface area contributed by atoms with Gasteiger partial charge in [0.2, 0.25) is 5.91 Å². The zero-order valence-corrected chi connectivity index (χ0v) is 19.1. The van der Waals surface area contributed by atoms with Crippen LogP contribution in [0, 0.1) is 0 Å². The van der Waals surface area contributed by atoms with Crippen LogP contribution >= 0.6 is 10.9 Å². The molecule has 1 aliphatic carbocycles. The quantitative estimate of drug-likeness (QED) is 0.358. The molecule has 0 aromatic heterocycles. The molecular weight excluding hydrogens is 479 g/mol. The molecule has 3 N–H and O–H groups in total. The van der Waals surface area contributed by atoms with Crippen molar-refractivity contribution in [1.82, 2.24) is 0 Å². The van der Waals surface area contributed by atoms with Crippen LogP contribution in [0.4, 0.5) is 13.2 Å². The average Bonchev–Trinajstić information content (AvgIpc) is 3.52. The SMILES string of the molecule is NC(=O)C1=C[SH](C2(c3ccc(C(=O)O)cc3)CC2)c2cccc(Oc3ccc(C(F)(F)F)cc3)c21. The maximum absolute atomic E-state index is 12.9. The van der Waals surface area contributed by atoms with E-state index in [1.54, 1.807) is 24.3 Å². The summed E-state index contributed by atoms with van der Waals surface area (Å²) in [6.45, 7) is 0. The second-order valence-corrected chi connectivity index (χ2v) is 10.8. The van der Waals surface area contributed by atoms with E-state index in [1.807, 2.05) is 23.6 Å². The number of carboxylic acid groups (broad SMARTS) is 1. The van der Waals surface area contributed by atoms with Gasteiger partial charge >= 0.3 is 12.1 Å². The number of amides is 1. The van der Waals surface area contributed by atoms with Gasteiger partial charge in [0, 0.05) is 15.2 Å². The first kappa shape index (κ1) is 23.0. The average molecular weight is 500 g/mol. The van der Waals surface area contributed by atoms with Crippen molar-refractivity contribution in [3.63, 3.8) is 0 Å². The standard InChI is InChI=1S/C26H20F3NO4S/c27-26(28,29)17-8-10-18(11-9-17)34-20-2-1-3-21-22(20)19(23(30)31)14-35(21)25(12-13-25)16-6-4-15(5-7-16)24(32)33/h1-11,14,35H,12-13H2,(H2,30,31)(H,32,33). The predicted octanol–water partition coefficient (Wildman–Crippen LogP) is 6.09. The molecule has 9 heteroatoms. The number of benzene rings is 3. The number of aromatic carboxylic acids is 1. The van der Waals surface area contributed by atoms with Crippen LogP contribution in [0.3, 0.4) is 0 Å². The van der Waals surface area contributed by atoms with Crippen LogP contribution in [0.1, 0.15) is 39.9 Å². The Balaban J connectivity index is 1.52. The molecule has 180 valence electrons. The number of thiol groups is 1. The van der Waals surface area contributed by atoms with Crippen molar-refractivity contribution in [2.75, 3.05) is 0 Å². The summed E-state index contributed by atoms with van der Waals surface area (Å²) in [6.07, 6.45) is -2.71. The van der Waals surface area contributed by atoms with Crippen LogP contribution in [0.2, 0.25) is 0 Å². The third kappa shape index (κ3) is 4.05. The van der Waals surface area contributed by atoms with E-state index in [0.29, 0.717) is 16.9 Å². The highest BCUT2D eigenvalue weighted by Gasteiger charge is 2.51. The van der Waals surface area contributed by atoms with Crippen LogP contribution in [-0.4, -0.2) is 17.0 Å². The first-order chi connectivity index (χ1) is 16.6. The van der Waals surface area contributed by atoms with Crippen molar-refractivity contribution in [2.24, 2.45) is 5.73 Å². The van der Waals surface area contributed by atoms with Crippen molar-refractivity contribution < 1.29 is 32.6 Å². The van der Waals surface area contributed by atoms with E-state index in [-0.39, 0.29) is 16.1 Å². The number of ether oxygens (including phenoxy) is 1. The summed E-state index contributed by atoms with van der Waals surface area (Å²) in [5, 5.41) is 11.1. The number of halogens is 3. The lowest BCUT2D eigenvalue weighted by atomic mass is 10.1. The minimum absolute atomic E-state index is 0.199. The zero-order valence-electron chi connectivity index (χ0n) is 18.2. The van der Waals surface area contributed by atoms with E-state index >= 15 is 0 Å². The third-order valence-electron chi connectivity index (χ3n) is 6.32. The molecule has 0 bridgehead atoms. The Morgan fingerprint density at radius 1 is 0.971 bits per heavy atom.